The SMILES string of the molecule is CC/C(C)=C1\C(=O)N(c2ccc(S(N)(=O)=O)cc2)N=C1C. The van der Waals surface area contributed by atoms with Crippen LogP contribution in [0.4, 0.5) is 5.69 Å². The highest BCUT2D eigenvalue weighted by Gasteiger charge is 2.30. The van der Waals surface area contributed by atoms with Gasteiger partial charge < -0.3 is 0 Å². The predicted molar refractivity (Wildman–Crippen MR) is 81.4 cm³/mol. The first-order valence-electron chi connectivity index (χ1n) is 6.48. The number of carbonyl (C=O) groups is 1. The molecule has 1 aromatic rings. The average molecular weight is 307 g/mol. The maximum Gasteiger partial charge on any atom is 0.280 e. The number of hydrogen-bond acceptors (Lipinski definition) is 4. The van der Waals surface area contributed by atoms with Gasteiger partial charge in [-0.05, 0) is 44.5 Å². The van der Waals surface area contributed by atoms with Gasteiger partial charge in [0.2, 0.25) is 10.0 Å². The molecular formula is C14H17N3O3S. The van der Waals surface area contributed by atoms with Crippen LogP contribution in [-0.2, 0) is 14.8 Å². The summed E-state index contributed by atoms with van der Waals surface area (Å²) in [6.45, 7) is 5.66. The van der Waals surface area contributed by atoms with E-state index in [1.165, 1.54) is 29.3 Å². The van der Waals surface area contributed by atoms with E-state index in [9.17, 15) is 13.2 Å². The summed E-state index contributed by atoms with van der Waals surface area (Å²) in [5.74, 6) is -0.199. The van der Waals surface area contributed by atoms with Crippen LogP contribution in [0.25, 0.3) is 0 Å². The summed E-state index contributed by atoms with van der Waals surface area (Å²) in [6.07, 6.45) is 0.770. The second-order valence-corrected chi connectivity index (χ2v) is 6.41. The maximum absolute atomic E-state index is 12.4. The highest BCUT2D eigenvalue weighted by Crippen LogP contribution is 2.26. The normalized spacial score (nSPS) is 18.0. The Kier molecular flexibility index (Phi) is 3.97. The number of allylic oxidation sites excluding steroid dienone is 1. The summed E-state index contributed by atoms with van der Waals surface area (Å²) in [5, 5.41) is 10.6. The van der Waals surface area contributed by atoms with Gasteiger partial charge in [0.25, 0.3) is 5.91 Å². The first-order chi connectivity index (χ1) is 9.75. The molecule has 7 heteroatoms. The lowest BCUT2D eigenvalue weighted by Gasteiger charge is -2.12. The fourth-order valence-corrected chi connectivity index (χ4v) is 2.64. The molecule has 0 saturated carbocycles. The molecule has 1 amide bonds. The molecular weight excluding hydrogens is 290 g/mol. The van der Waals surface area contributed by atoms with Gasteiger partial charge in [0, 0.05) is 0 Å². The molecule has 1 heterocycles. The molecule has 6 nitrogen and oxygen atoms in total. The molecule has 1 aromatic carbocycles. The van der Waals surface area contributed by atoms with E-state index in [0.29, 0.717) is 17.0 Å². The summed E-state index contributed by atoms with van der Waals surface area (Å²) in [4.78, 5) is 12.4. The van der Waals surface area contributed by atoms with E-state index in [4.69, 9.17) is 5.14 Å². The van der Waals surface area contributed by atoms with Crippen molar-refractivity contribution in [3.05, 3.63) is 35.4 Å². The third kappa shape index (κ3) is 2.88. The average Bonchev–Trinajstić information content (AvgIpc) is 2.72. The van der Waals surface area contributed by atoms with Gasteiger partial charge in [-0.2, -0.15) is 10.1 Å². The molecule has 0 atom stereocenters. The lowest BCUT2D eigenvalue weighted by atomic mass is 10.0. The van der Waals surface area contributed by atoms with Crippen LogP contribution in [-0.4, -0.2) is 20.0 Å². The molecule has 1 aliphatic rings. The lowest BCUT2D eigenvalue weighted by molar-refractivity contribution is -0.114. The molecule has 0 bridgehead atoms. The number of carbonyl (C=O) groups excluding carboxylic acids is 1. The summed E-state index contributed by atoms with van der Waals surface area (Å²) >= 11 is 0. The molecule has 0 fully saturated rings. The van der Waals surface area contributed by atoms with Crippen molar-refractivity contribution >= 4 is 27.3 Å². The van der Waals surface area contributed by atoms with Crippen LogP contribution in [0.15, 0.2) is 45.4 Å². The minimum Gasteiger partial charge on any atom is -0.267 e. The Morgan fingerprint density at radius 1 is 1.29 bits per heavy atom. The topological polar surface area (TPSA) is 92.8 Å². The molecule has 2 N–H and O–H groups in total. The van der Waals surface area contributed by atoms with E-state index in [1.54, 1.807) is 6.92 Å². The second-order valence-electron chi connectivity index (χ2n) is 4.85. The van der Waals surface area contributed by atoms with Gasteiger partial charge in [-0.15, -0.1) is 0 Å². The van der Waals surface area contributed by atoms with Gasteiger partial charge in [-0.1, -0.05) is 12.5 Å². The van der Waals surface area contributed by atoms with E-state index in [2.05, 4.69) is 5.10 Å². The standard InChI is InChI=1S/C14H17N3O3S/c1-4-9(2)13-10(3)16-17(14(13)18)11-5-7-12(8-6-11)21(15,19)20/h5-8H,4H2,1-3H3,(H2,15,19,20)/b13-9-. The molecule has 0 aromatic heterocycles. The van der Waals surface area contributed by atoms with Crippen molar-refractivity contribution in [2.24, 2.45) is 10.2 Å². The quantitative estimate of drug-likeness (QED) is 0.863. The number of rotatable bonds is 3. The Morgan fingerprint density at radius 2 is 1.86 bits per heavy atom. The molecule has 1 aliphatic heterocycles. The summed E-state index contributed by atoms with van der Waals surface area (Å²) < 4.78 is 22.4. The van der Waals surface area contributed by atoms with Crippen LogP contribution in [0, 0.1) is 0 Å². The molecule has 112 valence electrons. The number of primary sulfonamides is 1. The maximum atomic E-state index is 12.4. The molecule has 0 aliphatic carbocycles. The third-order valence-corrected chi connectivity index (χ3v) is 4.31. The third-order valence-electron chi connectivity index (χ3n) is 3.38. The van der Waals surface area contributed by atoms with Crippen LogP contribution in [0.2, 0.25) is 0 Å². The number of benzene rings is 1. The summed E-state index contributed by atoms with van der Waals surface area (Å²) in [5.41, 5.74) is 2.76. The molecule has 0 unspecified atom stereocenters. The fourth-order valence-electron chi connectivity index (χ4n) is 2.13. The second kappa shape index (κ2) is 5.42. The Balaban J connectivity index is 2.39. The molecule has 21 heavy (non-hydrogen) atoms. The zero-order chi connectivity index (χ0) is 15.8. The van der Waals surface area contributed by atoms with Crippen molar-refractivity contribution < 1.29 is 13.2 Å². The van der Waals surface area contributed by atoms with Gasteiger partial charge >= 0.3 is 0 Å². The molecule has 2 rings (SSSR count). The minimum atomic E-state index is -3.74. The monoisotopic (exact) mass is 307 g/mol. The van der Waals surface area contributed by atoms with Crippen LogP contribution in [0.3, 0.4) is 0 Å². The zero-order valence-corrected chi connectivity index (χ0v) is 12.9. The van der Waals surface area contributed by atoms with Crippen molar-refractivity contribution in [2.45, 2.75) is 32.1 Å². The number of sulfonamides is 1. The first-order valence-corrected chi connectivity index (χ1v) is 8.03. The molecule has 0 spiro atoms. The lowest BCUT2D eigenvalue weighted by Crippen LogP contribution is -2.22. The highest BCUT2D eigenvalue weighted by molar-refractivity contribution is 7.89. The van der Waals surface area contributed by atoms with Crippen LogP contribution < -0.4 is 10.1 Å². The van der Waals surface area contributed by atoms with Gasteiger partial charge in [-0.3, -0.25) is 4.79 Å². The van der Waals surface area contributed by atoms with E-state index in [1.807, 2.05) is 13.8 Å². The number of nitrogens with zero attached hydrogens (tertiary/aromatic N) is 2. The Morgan fingerprint density at radius 3 is 2.33 bits per heavy atom. The van der Waals surface area contributed by atoms with E-state index in [0.717, 1.165) is 12.0 Å². The fraction of sp³-hybridized carbons (Fsp3) is 0.286. The molecule has 0 saturated heterocycles. The number of anilines is 1. The van der Waals surface area contributed by atoms with Crippen molar-refractivity contribution in [2.75, 3.05) is 5.01 Å². The number of hydrazone groups is 1. The van der Waals surface area contributed by atoms with Crippen LogP contribution >= 0.6 is 0 Å². The zero-order valence-electron chi connectivity index (χ0n) is 12.1. The summed E-state index contributed by atoms with van der Waals surface area (Å²) in [7, 11) is -3.74. The number of nitrogens with two attached hydrogens (primary N) is 1. The van der Waals surface area contributed by atoms with Crippen LogP contribution in [0.1, 0.15) is 27.2 Å². The van der Waals surface area contributed by atoms with Gasteiger partial charge in [0.15, 0.2) is 0 Å². The van der Waals surface area contributed by atoms with E-state index in [-0.39, 0.29) is 10.8 Å². The van der Waals surface area contributed by atoms with Gasteiger partial charge in [0.05, 0.1) is 21.9 Å². The van der Waals surface area contributed by atoms with Crippen molar-refractivity contribution in [1.29, 1.82) is 0 Å². The predicted octanol–water partition coefficient (Wildman–Crippen LogP) is 1.78. The number of hydrogen-bond donors (Lipinski definition) is 1. The number of amides is 1. The van der Waals surface area contributed by atoms with Crippen molar-refractivity contribution in [3.8, 4) is 0 Å². The minimum absolute atomic E-state index is 0.000832. The van der Waals surface area contributed by atoms with E-state index >= 15 is 0 Å². The van der Waals surface area contributed by atoms with Crippen molar-refractivity contribution in [3.63, 3.8) is 0 Å². The van der Waals surface area contributed by atoms with Crippen molar-refractivity contribution in [1.82, 2.24) is 0 Å². The Labute approximate surface area is 124 Å². The molecule has 0 radical (unpaired) electrons. The Hall–Kier alpha value is -1.99. The van der Waals surface area contributed by atoms with Gasteiger partial charge in [-0.25, -0.2) is 13.6 Å². The van der Waals surface area contributed by atoms with E-state index < -0.39 is 10.0 Å². The summed E-state index contributed by atoms with van der Waals surface area (Å²) in [6, 6.07) is 5.74. The highest BCUT2D eigenvalue weighted by atomic mass is 32.2. The first kappa shape index (κ1) is 15.4. The van der Waals surface area contributed by atoms with Gasteiger partial charge in [0.1, 0.15) is 0 Å². The Bertz CT molecular complexity index is 746. The van der Waals surface area contributed by atoms with Crippen LogP contribution in [0.5, 0.6) is 0 Å². The smallest absolute Gasteiger partial charge is 0.267 e. The largest absolute Gasteiger partial charge is 0.280 e.